The maximum atomic E-state index is 12.3. The normalized spacial score (nSPS) is 17.0. The second-order valence-corrected chi connectivity index (χ2v) is 3.17. The van der Waals surface area contributed by atoms with Crippen molar-refractivity contribution in [2.45, 2.75) is 25.1 Å². The van der Waals surface area contributed by atoms with Crippen LogP contribution in [0.4, 0.5) is 13.2 Å². The van der Waals surface area contributed by atoms with Crippen molar-refractivity contribution in [3.63, 3.8) is 0 Å². The Bertz CT molecular complexity index is 263. The Labute approximate surface area is 73.5 Å². The lowest BCUT2D eigenvalue weighted by atomic mass is 9.97. The number of alkyl halides is 3. The molecule has 0 spiro atoms. The molecule has 5 heteroatoms. The summed E-state index contributed by atoms with van der Waals surface area (Å²) in [4.78, 5) is 0. The van der Waals surface area contributed by atoms with Crippen LogP contribution in [0.15, 0.2) is 22.8 Å². The van der Waals surface area contributed by atoms with Gasteiger partial charge in [0.15, 0.2) is 0 Å². The molecule has 0 radical (unpaired) electrons. The van der Waals surface area contributed by atoms with E-state index in [-0.39, 0.29) is 12.2 Å². The Morgan fingerprint density at radius 1 is 1.46 bits per heavy atom. The molecule has 0 amide bonds. The molecular weight excluding hydrogens is 183 g/mol. The molecule has 2 nitrogen and oxygen atoms in total. The van der Waals surface area contributed by atoms with E-state index in [0.29, 0.717) is 0 Å². The number of furan rings is 1. The van der Waals surface area contributed by atoms with Crippen molar-refractivity contribution in [2.75, 3.05) is 0 Å². The number of rotatable bonds is 2. The van der Waals surface area contributed by atoms with E-state index in [1.165, 1.54) is 18.4 Å². The number of nitrogens with two attached hydrogens (primary N) is 1. The minimum atomic E-state index is -4.42. The summed E-state index contributed by atoms with van der Waals surface area (Å²) >= 11 is 0. The lowest BCUT2D eigenvalue weighted by Crippen LogP contribution is -2.52. The first-order valence-electron chi connectivity index (χ1n) is 3.71. The topological polar surface area (TPSA) is 39.2 Å². The van der Waals surface area contributed by atoms with E-state index in [9.17, 15) is 13.2 Å². The summed E-state index contributed by atoms with van der Waals surface area (Å²) < 4.78 is 41.6. The summed E-state index contributed by atoms with van der Waals surface area (Å²) in [6.45, 7) is 0.940. The molecule has 0 aliphatic carbocycles. The molecule has 0 bridgehead atoms. The zero-order valence-electron chi connectivity index (χ0n) is 7.06. The zero-order valence-corrected chi connectivity index (χ0v) is 7.06. The molecule has 13 heavy (non-hydrogen) atoms. The molecule has 0 fully saturated rings. The summed E-state index contributed by atoms with van der Waals surface area (Å²) in [6.07, 6.45) is -3.44. The summed E-state index contributed by atoms with van der Waals surface area (Å²) in [5, 5.41) is 0. The second kappa shape index (κ2) is 3.06. The van der Waals surface area contributed by atoms with Crippen LogP contribution in [-0.4, -0.2) is 11.7 Å². The van der Waals surface area contributed by atoms with Crippen LogP contribution in [0.1, 0.15) is 12.7 Å². The summed E-state index contributed by atoms with van der Waals surface area (Å²) in [7, 11) is 0. The second-order valence-electron chi connectivity index (χ2n) is 3.17. The first kappa shape index (κ1) is 10.1. The number of hydrogen-bond donors (Lipinski definition) is 1. The summed E-state index contributed by atoms with van der Waals surface area (Å²) in [5.74, 6) is 0.238. The van der Waals surface area contributed by atoms with Crippen LogP contribution in [0.5, 0.6) is 0 Å². The fourth-order valence-electron chi connectivity index (χ4n) is 0.875. The van der Waals surface area contributed by atoms with E-state index < -0.39 is 11.7 Å². The molecule has 0 aliphatic rings. The van der Waals surface area contributed by atoms with Gasteiger partial charge in [-0.2, -0.15) is 13.2 Å². The van der Waals surface area contributed by atoms with Gasteiger partial charge in [0.25, 0.3) is 0 Å². The molecule has 1 atom stereocenters. The van der Waals surface area contributed by atoms with Crippen molar-refractivity contribution in [1.29, 1.82) is 0 Å². The fraction of sp³-hybridized carbons (Fsp3) is 0.500. The van der Waals surface area contributed by atoms with Crippen molar-refractivity contribution < 1.29 is 17.6 Å². The highest BCUT2D eigenvalue weighted by atomic mass is 19.4. The highest BCUT2D eigenvalue weighted by Crippen LogP contribution is 2.30. The summed E-state index contributed by atoms with van der Waals surface area (Å²) in [5.41, 5.74) is 2.87. The van der Waals surface area contributed by atoms with Crippen molar-refractivity contribution in [1.82, 2.24) is 0 Å². The predicted molar refractivity (Wildman–Crippen MR) is 41.1 cm³/mol. The molecule has 1 unspecified atom stereocenters. The smallest absolute Gasteiger partial charge is 0.406 e. The van der Waals surface area contributed by atoms with Gasteiger partial charge in [0.1, 0.15) is 11.3 Å². The Hall–Kier alpha value is -0.970. The van der Waals surface area contributed by atoms with Crippen LogP contribution < -0.4 is 5.73 Å². The predicted octanol–water partition coefficient (Wildman–Crippen LogP) is 2.10. The molecule has 74 valence electrons. The van der Waals surface area contributed by atoms with Crippen LogP contribution in [0.3, 0.4) is 0 Å². The van der Waals surface area contributed by atoms with Crippen molar-refractivity contribution >= 4 is 0 Å². The fourth-order valence-corrected chi connectivity index (χ4v) is 0.875. The zero-order chi connectivity index (χ0) is 10.1. The lowest BCUT2D eigenvalue weighted by molar-refractivity contribution is -0.181. The van der Waals surface area contributed by atoms with Gasteiger partial charge >= 0.3 is 6.18 Å². The maximum Gasteiger partial charge on any atom is 0.406 e. The van der Waals surface area contributed by atoms with E-state index in [0.717, 1.165) is 6.92 Å². The molecular formula is C8H10F3NO. The van der Waals surface area contributed by atoms with Crippen LogP contribution in [0.2, 0.25) is 0 Å². The molecule has 0 saturated carbocycles. The molecule has 0 aliphatic heterocycles. The largest absolute Gasteiger partial charge is 0.469 e. The highest BCUT2D eigenvalue weighted by Gasteiger charge is 2.48. The van der Waals surface area contributed by atoms with Crippen LogP contribution >= 0.6 is 0 Å². The molecule has 1 aromatic rings. The molecule has 1 aromatic heterocycles. The Balaban J connectivity index is 2.73. The third-order valence-electron chi connectivity index (χ3n) is 1.77. The Kier molecular flexibility index (Phi) is 2.38. The van der Waals surface area contributed by atoms with Crippen LogP contribution in [0, 0.1) is 0 Å². The van der Waals surface area contributed by atoms with E-state index in [1.54, 1.807) is 0 Å². The van der Waals surface area contributed by atoms with Crippen molar-refractivity contribution in [3.05, 3.63) is 24.2 Å². The molecule has 2 N–H and O–H groups in total. The van der Waals surface area contributed by atoms with Gasteiger partial charge in [0.05, 0.1) is 6.26 Å². The lowest BCUT2D eigenvalue weighted by Gasteiger charge is -2.26. The van der Waals surface area contributed by atoms with Gasteiger partial charge in [-0.3, -0.25) is 0 Å². The molecule has 1 heterocycles. The Morgan fingerprint density at radius 2 is 2.08 bits per heavy atom. The average molecular weight is 193 g/mol. The minimum absolute atomic E-state index is 0.238. The van der Waals surface area contributed by atoms with Gasteiger partial charge in [0, 0.05) is 6.42 Å². The third kappa shape index (κ3) is 2.24. The number of hydrogen-bond acceptors (Lipinski definition) is 2. The summed E-state index contributed by atoms with van der Waals surface area (Å²) in [6, 6.07) is 3.00. The van der Waals surface area contributed by atoms with Gasteiger partial charge in [-0.1, -0.05) is 0 Å². The number of halogens is 3. The van der Waals surface area contributed by atoms with Crippen molar-refractivity contribution in [3.8, 4) is 0 Å². The third-order valence-corrected chi connectivity index (χ3v) is 1.77. The molecule has 0 saturated heterocycles. The monoisotopic (exact) mass is 193 g/mol. The maximum absolute atomic E-state index is 12.3. The SMILES string of the molecule is CC(N)(Cc1ccco1)C(F)(F)F. The average Bonchev–Trinajstić information content (AvgIpc) is 2.35. The first-order valence-corrected chi connectivity index (χ1v) is 3.71. The van der Waals surface area contributed by atoms with Gasteiger partial charge in [0.2, 0.25) is 0 Å². The van der Waals surface area contributed by atoms with Crippen LogP contribution in [-0.2, 0) is 6.42 Å². The van der Waals surface area contributed by atoms with E-state index in [4.69, 9.17) is 10.2 Å². The van der Waals surface area contributed by atoms with Gasteiger partial charge in [-0.25, -0.2) is 0 Å². The standard InChI is InChI=1S/C8H10F3NO/c1-7(12,8(9,10)11)5-6-3-2-4-13-6/h2-4H,5,12H2,1H3. The van der Waals surface area contributed by atoms with E-state index in [2.05, 4.69) is 0 Å². The van der Waals surface area contributed by atoms with Crippen LogP contribution in [0.25, 0.3) is 0 Å². The molecule has 1 rings (SSSR count). The first-order chi connectivity index (χ1) is 5.83. The molecule has 0 aromatic carbocycles. The van der Waals surface area contributed by atoms with E-state index in [1.807, 2.05) is 0 Å². The minimum Gasteiger partial charge on any atom is -0.469 e. The van der Waals surface area contributed by atoms with Gasteiger partial charge < -0.3 is 10.2 Å². The highest BCUT2D eigenvalue weighted by molar-refractivity contribution is 5.05. The van der Waals surface area contributed by atoms with Crippen molar-refractivity contribution in [2.24, 2.45) is 5.73 Å². The van der Waals surface area contributed by atoms with E-state index >= 15 is 0 Å². The van der Waals surface area contributed by atoms with Gasteiger partial charge in [-0.05, 0) is 19.1 Å². The quantitative estimate of drug-likeness (QED) is 0.781. The van der Waals surface area contributed by atoms with Gasteiger partial charge in [-0.15, -0.1) is 0 Å². The Morgan fingerprint density at radius 3 is 2.46 bits per heavy atom.